The minimum Gasteiger partial charge on any atom is -0.388 e. The van der Waals surface area contributed by atoms with Gasteiger partial charge in [0.2, 0.25) is 0 Å². The van der Waals surface area contributed by atoms with E-state index in [0.717, 1.165) is 22.0 Å². The first-order valence-electron chi connectivity index (χ1n) is 12.6. The Bertz CT molecular complexity index is 1750. The Morgan fingerprint density at radius 3 is 2.42 bits per heavy atom. The summed E-state index contributed by atoms with van der Waals surface area (Å²) in [7, 11) is -4.06. The summed E-state index contributed by atoms with van der Waals surface area (Å²) >= 11 is 6.02. The number of rotatable bonds is 9. The van der Waals surface area contributed by atoms with Gasteiger partial charge in [0.25, 0.3) is 16.0 Å². The number of anilines is 1. The molecule has 5 aromatic rings. The van der Waals surface area contributed by atoms with E-state index in [2.05, 4.69) is 5.32 Å². The van der Waals surface area contributed by atoms with Crippen LogP contribution in [0.1, 0.15) is 27.5 Å². The normalized spacial score (nSPS) is 13.2. The average molecular weight is 575 g/mol. The van der Waals surface area contributed by atoms with E-state index >= 15 is 0 Å². The molecule has 1 heterocycles. The summed E-state index contributed by atoms with van der Waals surface area (Å²) in [5.41, 5.74) is 3.53. The molecule has 0 fully saturated rings. The largest absolute Gasteiger partial charge is 0.388 e. The van der Waals surface area contributed by atoms with Crippen LogP contribution in [0.2, 0.25) is 5.02 Å². The van der Waals surface area contributed by atoms with Gasteiger partial charge in [-0.25, -0.2) is 0 Å². The van der Waals surface area contributed by atoms with Crippen LogP contribution in [0.4, 0.5) is 5.69 Å². The quantitative estimate of drug-likeness (QED) is 0.204. The number of hydrogen-bond acceptors (Lipinski definition) is 5. The van der Waals surface area contributed by atoms with Crippen LogP contribution in [0.3, 0.4) is 0 Å². The van der Waals surface area contributed by atoms with Gasteiger partial charge in [-0.05, 0) is 67.1 Å². The van der Waals surface area contributed by atoms with E-state index in [1.165, 1.54) is 12.1 Å². The molecule has 0 bridgehead atoms. The predicted octanol–water partition coefficient (Wildman–Crippen LogP) is 6.21. The summed E-state index contributed by atoms with van der Waals surface area (Å²) in [6, 6.07) is 29.0. The Kier molecular flexibility index (Phi) is 8.04. The first kappa shape index (κ1) is 27.6. The third kappa shape index (κ3) is 6.11. The lowest BCUT2D eigenvalue weighted by atomic mass is 10.0. The summed E-state index contributed by atoms with van der Waals surface area (Å²) in [5.74, 6) is -0.286. The number of fused-ring (bicyclic) bond motifs is 1. The number of halogens is 1. The van der Waals surface area contributed by atoms with Crippen LogP contribution in [0.15, 0.2) is 114 Å². The van der Waals surface area contributed by atoms with Crippen LogP contribution < -0.4 is 5.32 Å². The zero-order valence-corrected chi connectivity index (χ0v) is 23.1. The first-order chi connectivity index (χ1) is 19.2. The van der Waals surface area contributed by atoms with Crippen molar-refractivity contribution in [1.29, 1.82) is 0 Å². The second kappa shape index (κ2) is 11.7. The Labute approximate surface area is 237 Å². The number of hydrogen-bond donors (Lipinski definition) is 2. The number of nitrogens with one attached hydrogen (secondary N) is 1. The maximum atomic E-state index is 12.8. The van der Waals surface area contributed by atoms with Gasteiger partial charge in [0.1, 0.15) is 6.10 Å². The molecule has 0 spiro atoms. The van der Waals surface area contributed by atoms with Crippen molar-refractivity contribution < 1.29 is 22.5 Å². The molecule has 4 aromatic carbocycles. The number of amides is 1. The fourth-order valence-corrected chi connectivity index (χ4v) is 5.67. The average Bonchev–Trinajstić information content (AvgIpc) is 3.35. The van der Waals surface area contributed by atoms with Crippen LogP contribution in [-0.4, -0.2) is 36.7 Å². The number of aryl methyl sites for hydroxylation is 1. The third-order valence-corrected chi connectivity index (χ3v) is 8.10. The number of aliphatic hydroxyl groups is 1. The van der Waals surface area contributed by atoms with Crippen molar-refractivity contribution in [2.24, 2.45) is 0 Å². The van der Waals surface area contributed by atoms with Crippen molar-refractivity contribution >= 4 is 44.2 Å². The van der Waals surface area contributed by atoms with E-state index in [-0.39, 0.29) is 10.8 Å². The molecule has 0 saturated carbocycles. The smallest absolute Gasteiger partial charge is 0.297 e. The summed E-state index contributed by atoms with van der Waals surface area (Å²) in [4.78, 5) is 12.7. The number of benzene rings is 4. The van der Waals surface area contributed by atoms with Gasteiger partial charge in [0.15, 0.2) is 0 Å². The molecular formula is C31H27ClN2O5S. The van der Waals surface area contributed by atoms with E-state index in [1.807, 2.05) is 66.2 Å². The maximum Gasteiger partial charge on any atom is 0.297 e. The van der Waals surface area contributed by atoms with Crippen molar-refractivity contribution in [3.8, 4) is 0 Å². The molecule has 1 amide bonds. The molecular weight excluding hydrogens is 548 g/mol. The molecule has 2 N–H and O–H groups in total. The second-order valence-electron chi connectivity index (χ2n) is 9.44. The molecule has 0 aliphatic heterocycles. The number of aliphatic hydroxyl groups excluding tert-OH is 1. The summed E-state index contributed by atoms with van der Waals surface area (Å²) < 4.78 is 32.7. The van der Waals surface area contributed by atoms with E-state index in [0.29, 0.717) is 16.3 Å². The number of carbonyl (C=O) groups is 1. The molecule has 0 aliphatic carbocycles. The molecule has 0 unspecified atom stereocenters. The minimum absolute atomic E-state index is 0.0281. The lowest BCUT2D eigenvalue weighted by molar-refractivity contribution is 0.0785. The van der Waals surface area contributed by atoms with Crippen molar-refractivity contribution in [1.82, 2.24) is 4.57 Å². The molecule has 9 heteroatoms. The van der Waals surface area contributed by atoms with Crippen LogP contribution in [0.5, 0.6) is 0 Å². The Balaban J connectivity index is 1.41. The summed E-state index contributed by atoms with van der Waals surface area (Å²) in [5, 5.41) is 15.5. The van der Waals surface area contributed by atoms with Crippen molar-refractivity contribution in [3.63, 3.8) is 0 Å². The van der Waals surface area contributed by atoms with Crippen molar-refractivity contribution in [3.05, 3.63) is 131 Å². The summed E-state index contributed by atoms with van der Waals surface area (Å²) in [6.07, 6.45) is 0.628. The highest BCUT2D eigenvalue weighted by Crippen LogP contribution is 2.30. The Morgan fingerprint density at radius 1 is 0.950 bits per heavy atom. The van der Waals surface area contributed by atoms with Crippen LogP contribution >= 0.6 is 11.6 Å². The van der Waals surface area contributed by atoms with Crippen LogP contribution in [-0.2, 0) is 14.3 Å². The fraction of sp³-hybridized carbons (Fsp3) is 0.129. The van der Waals surface area contributed by atoms with Gasteiger partial charge in [-0.1, -0.05) is 65.7 Å². The molecule has 2 atom stereocenters. The molecule has 5 rings (SSSR count). The van der Waals surface area contributed by atoms with Gasteiger partial charge in [-0.15, -0.1) is 0 Å². The van der Waals surface area contributed by atoms with Crippen molar-refractivity contribution in [2.45, 2.75) is 24.0 Å². The van der Waals surface area contributed by atoms with Gasteiger partial charge in [0, 0.05) is 33.4 Å². The third-order valence-electron chi connectivity index (χ3n) is 6.57. The molecule has 7 nitrogen and oxygen atoms in total. The zero-order valence-electron chi connectivity index (χ0n) is 21.6. The predicted molar refractivity (Wildman–Crippen MR) is 156 cm³/mol. The second-order valence-corrected chi connectivity index (χ2v) is 11.5. The lowest BCUT2D eigenvalue weighted by Gasteiger charge is -2.26. The first-order valence-corrected chi connectivity index (χ1v) is 14.4. The van der Waals surface area contributed by atoms with Crippen LogP contribution in [0.25, 0.3) is 10.9 Å². The van der Waals surface area contributed by atoms with E-state index < -0.39 is 28.9 Å². The van der Waals surface area contributed by atoms with E-state index in [4.69, 9.17) is 15.8 Å². The fourth-order valence-electron chi connectivity index (χ4n) is 4.56. The minimum atomic E-state index is -4.06. The molecule has 1 aromatic heterocycles. The Hall–Kier alpha value is -3.95. The molecule has 204 valence electrons. The van der Waals surface area contributed by atoms with Gasteiger partial charge in [-0.3, -0.25) is 8.98 Å². The Morgan fingerprint density at radius 2 is 1.70 bits per heavy atom. The zero-order chi connectivity index (χ0) is 28.3. The van der Waals surface area contributed by atoms with Crippen LogP contribution in [0, 0.1) is 6.92 Å². The number of aromatic nitrogens is 1. The monoisotopic (exact) mass is 574 g/mol. The van der Waals surface area contributed by atoms with Crippen molar-refractivity contribution in [2.75, 3.05) is 11.9 Å². The van der Waals surface area contributed by atoms with Gasteiger partial charge in [-0.2, -0.15) is 8.42 Å². The highest BCUT2D eigenvalue weighted by molar-refractivity contribution is 7.86. The maximum absolute atomic E-state index is 12.8. The highest BCUT2D eigenvalue weighted by atomic mass is 35.5. The molecule has 0 aliphatic rings. The van der Waals surface area contributed by atoms with E-state index in [9.17, 15) is 18.3 Å². The van der Waals surface area contributed by atoms with Gasteiger partial charge in [0.05, 0.1) is 17.5 Å². The topological polar surface area (TPSA) is 97.6 Å². The summed E-state index contributed by atoms with van der Waals surface area (Å²) in [6.45, 7) is 1.42. The molecule has 40 heavy (non-hydrogen) atoms. The van der Waals surface area contributed by atoms with E-state index in [1.54, 1.807) is 42.5 Å². The lowest BCUT2D eigenvalue weighted by Crippen LogP contribution is -2.30. The number of nitrogens with zero attached hydrogens (tertiary/aromatic N) is 1. The molecule has 0 radical (unpaired) electrons. The standard InChI is InChI=1S/C31H27ClN2O5S/c1-21-10-13-27(14-11-21)40(37,38)39-20-29(35)30(22-6-3-2-4-7-22)34-17-16-23-19-26(12-15-28(23)34)33-31(36)24-8-5-9-25(32)18-24/h2-19,29-30,35H,20H2,1H3,(H,33,36)/t29-,30-/m0/s1. The highest BCUT2D eigenvalue weighted by Gasteiger charge is 2.27. The number of carbonyl (C=O) groups excluding carboxylic acids is 1. The van der Waals surface area contributed by atoms with Gasteiger partial charge < -0.3 is 15.0 Å². The van der Waals surface area contributed by atoms with Gasteiger partial charge >= 0.3 is 0 Å². The molecule has 0 saturated heterocycles. The SMILES string of the molecule is Cc1ccc(S(=O)(=O)OC[C@H](O)[C@H](c2ccccc2)n2ccc3cc(NC(=O)c4cccc(Cl)c4)ccc32)cc1.